The van der Waals surface area contributed by atoms with Crippen molar-refractivity contribution in [2.45, 2.75) is 25.3 Å². The number of amides is 2. The fourth-order valence-electron chi connectivity index (χ4n) is 2.23. The summed E-state index contributed by atoms with van der Waals surface area (Å²) in [6.45, 7) is 3.37. The Balaban J connectivity index is 2.41. The largest absolute Gasteiger partial charge is 0.383 e. The van der Waals surface area contributed by atoms with Gasteiger partial charge in [0, 0.05) is 33.9 Å². The minimum absolute atomic E-state index is 0.0822. The lowest BCUT2D eigenvalue weighted by Gasteiger charge is -2.22. The number of hydrogen-bond acceptors (Lipinski definition) is 5. The van der Waals surface area contributed by atoms with Crippen molar-refractivity contribution >= 4 is 11.8 Å². The van der Waals surface area contributed by atoms with Gasteiger partial charge in [0.1, 0.15) is 6.04 Å². The summed E-state index contributed by atoms with van der Waals surface area (Å²) in [6, 6.07) is -0.410. The minimum atomic E-state index is -0.410. The molecular weight excluding hydrogens is 274 g/mol. The molecule has 7 nitrogen and oxygen atoms in total. The number of rotatable bonds is 9. The Morgan fingerprint density at radius 3 is 2.57 bits per heavy atom. The van der Waals surface area contributed by atoms with Gasteiger partial charge in [-0.3, -0.25) is 14.5 Å². The van der Waals surface area contributed by atoms with Gasteiger partial charge in [-0.15, -0.1) is 0 Å². The predicted molar refractivity (Wildman–Crippen MR) is 79.0 cm³/mol. The highest BCUT2D eigenvalue weighted by molar-refractivity contribution is 5.88. The number of carbonyl (C=O) groups is 2. The maximum Gasteiger partial charge on any atom is 0.242 e. The molecular formula is C14H27N3O4. The molecule has 0 spiro atoms. The van der Waals surface area contributed by atoms with Gasteiger partial charge in [0.2, 0.25) is 11.8 Å². The van der Waals surface area contributed by atoms with Gasteiger partial charge >= 0.3 is 0 Å². The van der Waals surface area contributed by atoms with Crippen LogP contribution in [0.5, 0.6) is 0 Å². The molecule has 1 atom stereocenters. The van der Waals surface area contributed by atoms with Crippen LogP contribution in [-0.4, -0.2) is 76.4 Å². The highest BCUT2D eigenvalue weighted by Crippen LogP contribution is 2.05. The first-order valence-electron chi connectivity index (χ1n) is 7.44. The lowest BCUT2D eigenvalue weighted by molar-refractivity contribution is -0.129. The Morgan fingerprint density at radius 2 is 1.95 bits per heavy atom. The molecule has 0 aromatic heterocycles. The quantitative estimate of drug-likeness (QED) is 0.592. The van der Waals surface area contributed by atoms with Crippen LogP contribution in [-0.2, 0) is 19.1 Å². The van der Waals surface area contributed by atoms with Crippen molar-refractivity contribution < 1.29 is 19.1 Å². The monoisotopic (exact) mass is 301 g/mol. The van der Waals surface area contributed by atoms with Crippen molar-refractivity contribution in [3.63, 3.8) is 0 Å². The SMILES string of the molecule is COCCN(CCOC)CC(=O)N[C@@H]1CCCCNC1=O. The molecule has 1 aliphatic heterocycles. The van der Waals surface area contributed by atoms with Gasteiger partial charge in [-0.05, 0) is 19.3 Å². The third-order valence-corrected chi connectivity index (χ3v) is 3.46. The van der Waals surface area contributed by atoms with Crippen LogP contribution in [0.25, 0.3) is 0 Å². The number of hydrogen-bond donors (Lipinski definition) is 2. The van der Waals surface area contributed by atoms with E-state index in [0.29, 0.717) is 39.3 Å². The molecule has 0 radical (unpaired) electrons. The molecule has 1 fully saturated rings. The summed E-state index contributed by atoms with van der Waals surface area (Å²) in [5, 5.41) is 5.63. The molecule has 0 aromatic carbocycles. The third-order valence-electron chi connectivity index (χ3n) is 3.46. The van der Waals surface area contributed by atoms with Gasteiger partial charge in [0.05, 0.1) is 19.8 Å². The molecule has 7 heteroatoms. The van der Waals surface area contributed by atoms with E-state index in [4.69, 9.17) is 9.47 Å². The summed E-state index contributed by atoms with van der Waals surface area (Å²) < 4.78 is 10.1. The van der Waals surface area contributed by atoms with E-state index in [2.05, 4.69) is 10.6 Å². The summed E-state index contributed by atoms with van der Waals surface area (Å²) in [5.41, 5.74) is 0. The van der Waals surface area contributed by atoms with Gasteiger partial charge in [0.15, 0.2) is 0 Å². The Kier molecular flexibility index (Phi) is 8.96. The molecule has 0 aromatic rings. The summed E-state index contributed by atoms with van der Waals surface area (Å²) >= 11 is 0. The second-order valence-corrected chi connectivity index (χ2v) is 5.17. The predicted octanol–water partition coefficient (Wildman–Crippen LogP) is -0.634. The molecule has 0 saturated carbocycles. The van der Waals surface area contributed by atoms with Crippen molar-refractivity contribution in [2.24, 2.45) is 0 Å². The van der Waals surface area contributed by atoms with E-state index in [-0.39, 0.29) is 18.4 Å². The second kappa shape index (κ2) is 10.5. The summed E-state index contributed by atoms with van der Waals surface area (Å²) in [4.78, 5) is 25.8. The number of nitrogens with zero attached hydrogens (tertiary/aromatic N) is 1. The maximum absolute atomic E-state index is 12.1. The molecule has 1 saturated heterocycles. The van der Waals surface area contributed by atoms with Gasteiger partial charge in [-0.2, -0.15) is 0 Å². The van der Waals surface area contributed by atoms with Crippen molar-refractivity contribution in [1.82, 2.24) is 15.5 Å². The zero-order valence-electron chi connectivity index (χ0n) is 13.0. The first-order valence-corrected chi connectivity index (χ1v) is 7.44. The van der Waals surface area contributed by atoms with E-state index in [1.54, 1.807) is 14.2 Å². The average Bonchev–Trinajstić information content (AvgIpc) is 2.67. The van der Waals surface area contributed by atoms with E-state index in [1.807, 2.05) is 4.90 Å². The van der Waals surface area contributed by atoms with Crippen molar-refractivity contribution in [1.29, 1.82) is 0 Å². The lowest BCUT2D eigenvalue weighted by Crippen LogP contribution is -2.49. The van der Waals surface area contributed by atoms with E-state index < -0.39 is 6.04 Å². The fraction of sp³-hybridized carbons (Fsp3) is 0.857. The van der Waals surface area contributed by atoms with Crippen LogP contribution < -0.4 is 10.6 Å². The summed E-state index contributed by atoms with van der Waals surface area (Å²) in [7, 11) is 3.26. The highest BCUT2D eigenvalue weighted by atomic mass is 16.5. The van der Waals surface area contributed by atoms with Crippen LogP contribution in [0.4, 0.5) is 0 Å². The Hall–Kier alpha value is -1.18. The van der Waals surface area contributed by atoms with Crippen LogP contribution in [0.1, 0.15) is 19.3 Å². The van der Waals surface area contributed by atoms with Gasteiger partial charge in [-0.25, -0.2) is 0 Å². The molecule has 1 rings (SSSR count). The van der Waals surface area contributed by atoms with E-state index >= 15 is 0 Å². The van der Waals surface area contributed by atoms with Crippen LogP contribution in [0.3, 0.4) is 0 Å². The number of carbonyl (C=O) groups excluding carboxylic acids is 2. The third kappa shape index (κ3) is 7.40. The zero-order valence-corrected chi connectivity index (χ0v) is 13.0. The molecule has 122 valence electrons. The topological polar surface area (TPSA) is 79.9 Å². The van der Waals surface area contributed by atoms with Crippen LogP contribution in [0.15, 0.2) is 0 Å². The second-order valence-electron chi connectivity index (χ2n) is 5.17. The van der Waals surface area contributed by atoms with E-state index in [9.17, 15) is 9.59 Å². The van der Waals surface area contributed by atoms with E-state index in [0.717, 1.165) is 12.8 Å². The Morgan fingerprint density at radius 1 is 1.29 bits per heavy atom. The molecule has 1 aliphatic rings. The molecule has 2 amide bonds. The van der Waals surface area contributed by atoms with Gasteiger partial charge in [0.25, 0.3) is 0 Å². The summed E-state index contributed by atoms with van der Waals surface area (Å²) in [6.07, 6.45) is 2.61. The minimum Gasteiger partial charge on any atom is -0.383 e. The lowest BCUT2D eigenvalue weighted by atomic mass is 10.1. The summed E-state index contributed by atoms with van der Waals surface area (Å²) in [5.74, 6) is -0.217. The zero-order chi connectivity index (χ0) is 15.5. The molecule has 0 aliphatic carbocycles. The Labute approximate surface area is 126 Å². The number of nitrogens with one attached hydrogen (secondary N) is 2. The Bertz CT molecular complexity index is 317. The molecule has 1 heterocycles. The molecule has 0 unspecified atom stereocenters. The fourth-order valence-corrected chi connectivity index (χ4v) is 2.23. The molecule has 2 N–H and O–H groups in total. The van der Waals surface area contributed by atoms with Crippen molar-refractivity contribution in [2.75, 3.05) is 53.6 Å². The normalized spacial score (nSPS) is 19.2. The molecule has 21 heavy (non-hydrogen) atoms. The first-order chi connectivity index (χ1) is 10.2. The van der Waals surface area contributed by atoms with Crippen LogP contribution >= 0.6 is 0 Å². The smallest absolute Gasteiger partial charge is 0.242 e. The number of methoxy groups -OCH3 is 2. The van der Waals surface area contributed by atoms with E-state index in [1.165, 1.54) is 0 Å². The van der Waals surface area contributed by atoms with Gasteiger partial charge in [-0.1, -0.05) is 0 Å². The van der Waals surface area contributed by atoms with Crippen LogP contribution in [0, 0.1) is 0 Å². The highest BCUT2D eigenvalue weighted by Gasteiger charge is 2.23. The van der Waals surface area contributed by atoms with Crippen molar-refractivity contribution in [3.05, 3.63) is 0 Å². The van der Waals surface area contributed by atoms with Crippen molar-refractivity contribution in [3.8, 4) is 0 Å². The average molecular weight is 301 g/mol. The molecule has 0 bridgehead atoms. The number of ether oxygens (including phenoxy) is 2. The maximum atomic E-state index is 12.1. The van der Waals surface area contributed by atoms with Gasteiger partial charge < -0.3 is 20.1 Å². The standard InChI is InChI=1S/C14H27N3O4/c1-20-9-7-17(8-10-21-2)11-13(18)16-12-5-3-4-6-15-14(12)19/h12H,3-11H2,1-2H3,(H,15,19)(H,16,18)/t12-/m1/s1. The van der Waals surface area contributed by atoms with Crippen LogP contribution in [0.2, 0.25) is 0 Å². The first kappa shape index (κ1) is 17.9.